The number of H-pyrrole nitrogens is 1. The van der Waals surface area contributed by atoms with Gasteiger partial charge in [-0.15, -0.1) is 0 Å². The zero-order valence-corrected chi connectivity index (χ0v) is 32.7. The second kappa shape index (κ2) is 16.2. The van der Waals surface area contributed by atoms with Crippen LogP contribution in [0.2, 0.25) is 0 Å². The maximum absolute atomic E-state index is 14.6. The molecule has 5 N–H and O–H groups in total. The van der Waals surface area contributed by atoms with Crippen molar-refractivity contribution in [3.63, 3.8) is 0 Å². The molecule has 2 fully saturated rings. The number of ether oxygens (including phenoxy) is 4. The number of nitrogens with one attached hydrogen (secondary N) is 2. The number of carbonyl (C=O) groups is 2. The summed E-state index contributed by atoms with van der Waals surface area (Å²) in [4.78, 5) is 36.0. The van der Waals surface area contributed by atoms with Crippen molar-refractivity contribution in [3.8, 4) is 29.4 Å². The Hall–Kier alpha value is -4.37. The molecule has 2 saturated heterocycles. The van der Waals surface area contributed by atoms with Crippen LogP contribution in [0.4, 0.5) is 0 Å². The number of aliphatic imine (C=N–C) groups is 1. The van der Waals surface area contributed by atoms with Crippen molar-refractivity contribution in [1.82, 2.24) is 10.3 Å². The van der Waals surface area contributed by atoms with Crippen LogP contribution in [-0.2, 0) is 35.0 Å². The topological polar surface area (TPSA) is 172 Å². The Morgan fingerprint density at radius 2 is 2.00 bits per heavy atom. The summed E-state index contributed by atoms with van der Waals surface area (Å²) >= 11 is 0. The van der Waals surface area contributed by atoms with Crippen LogP contribution in [0.15, 0.2) is 58.1 Å². The van der Waals surface area contributed by atoms with Crippen LogP contribution in [0.25, 0.3) is 10.9 Å². The number of fused-ring (bicyclic) bond motifs is 5. The first kappa shape index (κ1) is 39.8. The maximum Gasteiger partial charge on any atom is 0.191 e. The fraction of sp³-hybridized carbons (Fsp3) is 0.523. The zero-order chi connectivity index (χ0) is 39.9. The minimum Gasteiger partial charge on any atom is -0.508 e. The summed E-state index contributed by atoms with van der Waals surface area (Å²) in [5, 5.41) is 38.7. The standard InChI is InChI=1S/C44H51N3O9/c1-7-12-30-36-25(5)33(49)21-44(30,52)17-11-9-8-10-13-34(36)55-43-42(56-35-19-24(4)32(22-53-35)46-23(2)3)41(51)37(26(6)54-43)40(50)39-38-28(16-18-45-39)29-20-27(48)14-15-31(29)47-38/h8-9,12,14-15,20,23-24,26,32,34-35,37,41-43,46-48,51-52H,7,16,18-19,21-22H2,1-6H3/b9-8-,30-12+/t24?,26?,32?,34-,35?,37?,41?,42?,43?,44-/m0/s1. The van der Waals surface area contributed by atoms with Crippen LogP contribution in [0.1, 0.15) is 72.1 Å². The molecule has 0 radical (unpaired) electrons. The zero-order valence-electron chi connectivity index (χ0n) is 32.7. The smallest absolute Gasteiger partial charge is 0.191 e. The van der Waals surface area contributed by atoms with Crippen LogP contribution in [0, 0.1) is 35.5 Å². The maximum atomic E-state index is 14.6. The van der Waals surface area contributed by atoms with Crippen LogP contribution in [-0.4, -0.2) is 105 Å². The van der Waals surface area contributed by atoms with Crippen molar-refractivity contribution in [1.29, 1.82) is 0 Å². The third kappa shape index (κ3) is 7.68. The molecule has 10 atom stereocenters. The van der Waals surface area contributed by atoms with Crippen molar-refractivity contribution in [2.24, 2.45) is 16.8 Å². The van der Waals surface area contributed by atoms with Gasteiger partial charge in [-0.1, -0.05) is 57.5 Å². The Morgan fingerprint density at radius 1 is 1.21 bits per heavy atom. The normalized spacial score (nSPS) is 34.3. The van der Waals surface area contributed by atoms with E-state index in [0.717, 1.165) is 16.5 Å². The Morgan fingerprint density at radius 3 is 2.75 bits per heavy atom. The number of carbonyl (C=O) groups excluding carboxylic acids is 2. The number of rotatable bonds is 9. The van der Waals surface area contributed by atoms with E-state index in [2.05, 4.69) is 59.7 Å². The van der Waals surface area contributed by atoms with Gasteiger partial charge in [-0.3, -0.25) is 14.6 Å². The Balaban J connectivity index is 1.24. The fourth-order valence-corrected chi connectivity index (χ4v) is 8.52. The molecule has 1 aromatic heterocycles. The second-order valence-electron chi connectivity index (χ2n) is 15.7. The molecular weight excluding hydrogens is 714 g/mol. The van der Waals surface area contributed by atoms with Gasteiger partial charge in [0.05, 0.1) is 36.8 Å². The highest BCUT2D eigenvalue weighted by Gasteiger charge is 2.52. The summed E-state index contributed by atoms with van der Waals surface area (Å²) in [6.07, 6.45) is -0.490. The molecule has 12 nitrogen and oxygen atoms in total. The van der Waals surface area contributed by atoms with E-state index in [-0.39, 0.29) is 41.7 Å². The Labute approximate surface area is 327 Å². The number of allylic oxidation sites excluding steroid dienone is 4. The molecule has 1 aromatic carbocycles. The fourth-order valence-electron chi connectivity index (χ4n) is 8.52. The van der Waals surface area contributed by atoms with Crippen LogP contribution < -0.4 is 5.32 Å². The molecule has 0 spiro atoms. The van der Waals surface area contributed by atoms with Gasteiger partial charge in [0.1, 0.15) is 23.7 Å². The van der Waals surface area contributed by atoms with E-state index in [4.69, 9.17) is 18.9 Å². The van der Waals surface area contributed by atoms with E-state index >= 15 is 0 Å². The molecule has 2 aromatic rings. The van der Waals surface area contributed by atoms with Crippen molar-refractivity contribution < 1.29 is 43.9 Å². The van der Waals surface area contributed by atoms with Gasteiger partial charge in [0.2, 0.25) is 0 Å². The number of aromatic amines is 1. The number of benzene rings is 1. The largest absolute Gasteiger partial charge is 0.508 e. The van der Waals surface area contributed by atoms with E-state index in [1.54, 1.807) is 38.1 Å². The number of aromatic hydroxyl groups is 1. The Bertz CT molecular complexity index is 2140. The van der Waals surface area contributed by atoms with Gasteiger partial charge >= 0.3 is 0 Å². The lowest BCUT2D eigenvalue weighted by molar-refractivity contribution is -0.326. The molecule has 2 bridgehead atoms. The number of aliphatic hydroxyl groups excluding tert-OH is 1. The SMILES string of the molecule is CC/C=C1\C2=C(C)C(=O)C[C@@]1(O)C#C/C=C\C#C[C@@H]2OC1OC(C)C(C(=O)C2=NCCc3c2[nH]c2ccc(O)cc32)C(O)C1OC1CC(C)C(NC(C)C)CO1. The molecule has 0 amide bonds. The van der Waals surface area contributed by atoms with E-state index in [0.29, 0.717) is 54.8 Å². The number of aromatic nitrogens is 1. The van der Waals surface area contributed by atoms with Gasteiger partial charge in [0, 0.05) is 41.5 Å². The lowest BCUT2D eigenvalue weighted by Gasteiger charge is -2.46. The number of hydrogen-bond acceptors (Lipinski definition) is 11. The molecule has 8 unspecified atom stereocenters. The summed E-state index contributed by atoms with van der Waals surface area (Å²) in [6.45, 7) is 12.3. The first-order chi connectivity index (χ1) is 26.8. The molecule has 12 heteroatoms. The van der Waals surface area contributed by atoms with Crippen molar-refractivity contribution in [3.05, 3.63) is 64.4 Å². The summed E-state index contributed by atoms with van der Waals surface area (Å²) in [7, 11) is 0. The van der Waals surface area contributed by atoms with Crippen LogP contribution >= 0.6 is 0 Å². The van der Waals surface area contributed by atoms with Crippen molar-refractivity contribution >= 4 is 28.2 Å². The molecule has 56 heavy (non-hydrogen) atoms. The van der Waals surface area contributed by atoms with Gasteiger partial charge in [-0.25, -0.2) is 0 Å². The predicted octanol–water partition coefficient (Wildman–Crippen LogP) is 3.96. The number of hydrogen-bond donors (Lipinski definition) is 5. The van der Waals surface area contributed by atoms with Gasteiger partial charge in [-0.2, -0.15) is 0 Å². The van der Waals surface area contributed by atoms with Crippen molar-refractivity contribution in [2.75, 3.05) is 13.2 Å². The minimum absolute atomic E-state index is 0.0937. The third-order valence-electron chi connectivity index (χ3n) is 11.3. The molecule has 5 aliphatic rings. The molecule has 4 heterocycles. The number of nitrogens with zero attached hydrogens (tertiary/aromatic N) is 1. The monoisotopic (exact) mass is 765 g/mol. The lowest BCUT2D eigenvalue weighted by atomic mass is 9.73. The second-order valence-corrected chi connectivity index (χ2v) is 15.7. The minimum atomic E-state index is -1.77. The number of phenols is 1. The van der Waals surface area contributed by atoms with Crippen LogP contribution in [0.3, 0.4) is 0 Å². The summed E-state index contributed by atoms with van der Waals surface area (Å²) in [5.41, 5.74) is 1.77. The van der Waals surface area contributed by atoms with Gasteiger partial charge in [-0.05, 0) is 79.7 Å². The number of aliphatic hydroxyl groups is 2. The summed E-state index contributed by atoms with van der Waals surface area (Å²) in [6, 6.07) is 5.35. The van der Waals surface area contributed by atoms with Gasteiger partial charge in [0.25, 0.3) is 0 Å². The van der Waals surface area contributed by atoms with E-state index in [1.165, 1.54) is 6.08 Å². The van der Waals surface area contributed by atoms with Gasteiger partial charge in [0.15, 0.2) is 29.7 Å². The summed E-state index contributed by atoms with van der Waals surface area (Å²) < 4.78 is 26.1. The molecule has 296 valence electrons. The molecular formula is C44H51N3O9. The number of Topliss-reactive ketones (excluding diaryl/α,β-unsaturated/α-hetero) is 2. The highest BCUT2D eigenvalue weighted by molar-refractivity contribution is 6.47. The molecule has 0 saturated carbocycles. The van der Waals surface area contributed by atoms with E-state index < -0.39 is 54.3 Å². The first-order valence-corrected chi connectivity index (χ1v) is 19.6. The van der Waals surface area contributed by atoms with E-state index in [9.17, 15) is 24.9 Å². The quantitative estimate of drug-likeness (QED) is 0.236. The number of ketones is 2. The van der Waals surface area contributed by atoms with Crippen molar-refractivity contribution in [2.45, 2.75) is 122 Å². The molecule has 7 rings (SSSR count). The summed E-state index contributed by atoms with van der Waals surface area (Å²) in [5.74, 6) is 10.2. The molecule has 2 aliphatic carbocycles. The highest BCUT2D eigenvalue weighted by atomic mass is 16.7. The Kier molecular flexibility index (Phi) is 11.6. The molecule has 3 aliphatic heterocycles. The average molecular weight is 766 g/mol. The first-order valence-electron chi connectivity index (χ1n) is 19.6. The third-order valence-corrected chi connectivity index (χ3v) is 11.3. The average Bonchev–Trinajstić information content (AvgIpc) is 3.52. The number of phenolic OH excluding ortho intramolecular Hbond substituents is 1. The van der Waals surface area contributed by atoms with E-state index in [1.807, 2.05) is 13.0 Å². The predicted molar refractivity (Wildman–Crippen MR) is 210 cm³/mol. The highest BCUT2D eigenvalue weighted by Crippen LogP contribution is 2.41. The lowest BCUT2D eigenvalue weighted by Crippen LogP contribution is -2.61. The van der Waals surface area contributed by atoms with Gasteiger partial charge < -0.3 is 44.6 Å². The van der Waals surface area contributed by atoms with Crippen LogP contribution in [0.5, 0.6) is 5.75 Å².